The molecule has 0 aliphatic rings. The number of nitrogens with one attached hydrogen (secondary N) is 1. The maximum absolute atomic E-state index is 12.9. The molecule has 112 valence electrons. The molecule has 0 unspecified atom stereocenters. The number of ether oxygens (including phenoxy) is 1. The highest BCUT2D eigenvalue weighted by molar-refractivity contribution is 5.54. The van der Waals surface area contributed by atoms with Crippen LogP contribution < -0.4 is 10.1 Å². The molecule has 0 aromatic heterocycles. The summed E-state index contributed by atoms with van der Waals surface area (Å²) >= 11 is 0. The summed E-state index contributed by atoms with van der Waals surface area (Å²) in [7, 11) is 1.41. The van der Waals surface area contributed by atoms with E-state index in [2.05, 4.69) is 5.32 Å². The third-order valence-electron chi connectivity index (χ3n) is 3.00. The maximum Gasteiger partial charge on any atom is 0.418 e. The summed E-state index contributed by atoms with van der Waals surface area (Å²) in [6.07, 6.45) is -4.43. The highest BCUT2D eigenvalue weighted by atomic mass is 19.4. The van der Waals surface area contributed by atoms with Crippen LogP contribution in [0.5, 0.6) is 11.5 Å². The van der Waals surface area contributed by atoms with Crippen LogP contribution in [-0.4, -0.2) is 12.2 Å². The lowest BCUT2D eigenvalue weighted by molar-refractivity contribution is -0.136. The minimum Gasteiger partial charge on any atom is -0.504 e. The van der Waals surface area contributed by atoms with Gasteiger partial charge in [0.15, 0.2) is 11.5 Å². The summed E-state index contributed by atoms with van der Waals surface area (Å²) in [6.45, 7) is 0.0517. The second-order valence-corrected chi connectivity index (χ2v) is 4.36. The fraction of sp³-hybridized carbons (Fsp3) is 0.200. The highest BCUT2D eigenvalue weighted by Gasteiger charge is 2.33. The number of hydrogen-bond acceptors (Lipinski definition) is 3. The maximum atomic E-state index is 12.9. The van der Waals surface area contributed by atoms with E-state index in [9.17, 15) is 18.3 Å². The average molecular weight is 297 g/mol. The van der Waals surface area contributed by atoms with Gasteiger partial charge in [-0.05, 0) is 18.2 Å². The fourth-order valence-corrected chi connectivity index (χ4v) is 1.95. The Hall–Kier alpha value is -2.37. The third-order valence-corrected chi connectivity index (χ3v) is 3.00. The topological polar surface area (TPSA) is 41.5 Å². The highest BCUT2D eigenvalue weighted by Crippen LogP contribution is 2.35. The van der Waals surface area contributed by atoms with E-state index in [1.165, 1.54) is 25.3 Å². The van der Waals surface area contributed by atoms with Gasteiger partial charge in [0.1, 0.15) is 0 Å². The Kier molecular flexibility index (Phi) is 4.26. The molecule has 0 bridgehead atoms. The molecule has 3 nitrogen and oxygen atoms in total. The molecule has 6 heteroatoms. The molecule has 0 aliphatic carbocycles. The lowest BCUT2D eigenvalue weighted by Gasteiger charge is -2.15. The Morgan fingerprint density at radius 1 is 1.10 bits per heavy atom. The molecule has 0 radical (unpaired) electrons. The smallest absolute Gasteiger partial charge is 0.418 e. The van der Waals surface area contributed by atoms with Crippen LogP contribution in [0.25, 0.3) is 0 Å². The van der Waals surface area contributed by atoms with Gasteiger partial charge in [0, 0.05) is 17.8 Å². The van der Waals surface area contributed by atoms with Gasteiger partial charge in [0.2, 0.25) is 0 Å². The first kappa shape index (κ1) is 15.0. The van der Waals surface area contributed by atoms with E-state index < -0.39 is 11.7 Å². The van der Waals surface area contributed by atoms with Gasteiger partial charge in [0.25, 0.3) is 0 Å². The van der Waals surface area contributed by atoms with Gasteiger partial charge in [-0.25, -0.2) is 0 Å². The first-order chi connectivity index (χ1) is 9.93. The molecule has 2 N–H and O–H groups in total. The van der Waals surface area contributed by atoms with E-state index in [0.29, 0.717) is 5.56 Å². The second kappa shape index (κ2) is 5.95. The van der Waals surface area contributed by atoms with Crippen LogP contribution in [0.1, 0.15) is 11.1 Å². The number of hydrogen-bond donors (Lipinski definition) is 2. The number of phenolic OH excluding ortho intramolecular Hbond substituents is 1. The summed E-state index contributed by atoms with van der Waals surface area (Å²) < 4.78 is 43.5. The second-order valence-electron chi connectivity index (χ2n) is 4.36. The van der Waals surface area contributed by atoms with Gasteiger partial charge in [-0.3, -0.25) is 0 Å². The molecule has 21 heavy (non-hydrogen) atoms. The van der Waals surface area contributed by atoms with Crippen LogP contribution in [-0.2, 0) is 12.7 Å². The fourth-order valence-electron chi connectivity index (χ4n) is 1.95. The van der Waals surface area contributed by atoms with Crippen LogP contribution in [0.3, 0.4) is 0 Å². The first-order valence-electron chi connectivity index (χ1n) is 6.18. The standard InChI is InChI=1S/C15H14F3NO2/c1-21-13-8-4-5-10(14(13)20)9-19-12-7-3-2-6-11(12)15(16,17)18/h2-8,19-20H,9H2,1H3. The van der Waals surface area contributed by atoms with Crippen molar-refractivity contribution >= 4 is 5.69 Å². The third kappa shape index (κ3) is 3.39. The molecule has 0 saturated heterocycles. The SMILES string of the molecule is COc1cccc(CNc2ccccc2C(F)(F)F)c1O. The van der Waals surface area contributed by atoms with Crippen molar-refractivity contribution in [3.8, 4) is 11.5 Å². The van der Waals surface area contributed by atoms with Gasteiger partial charge < -0.3 is 15.2 Å². The number of aromatic hydroxyl groups is 1. The number of anilines is 1. The van der Waals surface area contributed by atoms with Crippen LogP contribution in [0.2, 0.25) is 0 Å². The molecule has 0 fully saturated rings. The van der Waals surface area contributed by atoms with Crippen molar-refractivity contribution in [2.24, 2.45) is 0 Å². The van der Waals surface area contributed by atoms with Crippen LogP contribution in [0.15, 0.2) is 42.5 Å². The van der Waals surface area contributed by atoms with Crippen molar-refractivity contribution in [2.45, 2.75) is 12.7 Å². The Labute approximate surface area is 120 Å². The molecular weight excluding hydrogens is 283 g/mol. The van der Waals surface area contributed by atoms with Crippen molar-refractivity contribution in [2.75, 3.05) is 12.4 Å². The van der Waals surface area contributed by atoms with Gasteiger partial charge in [-0.1, -0.05) is 24.3 Å². The van der Waals surface area contributed by atoms with E-state index in [0.717, 1.165) is 6.07 Å². The van der Waals surface area contributed by atoms with Gasteiger partial charge in [-0.2, -0.15) is 13.2 Å². The largest absolute Gasteiger partial charge is 0.504 e. The van der Waals surface area contributed by atoms with Crippen LogP contribution in [0, 0.1) is 0 Å². The number of methoxy groups -OCH3 is 1. The van der Waals surface area contributed by atoms with Crippen molar-refractivity contribution in [1.82, 2.24) is 0 Å². The first-order valence-corrected chi connectivity index (χ1v) is 6.18. The quantitative estimate of drug-likeness (QED) is 0.895. The zero-order valence-corrected chi connectivity index (χ0v) is 11.2. The van der Waals surface area contributed by atoms with Gasteiger partial charge in [0.05, 0.1) is 12.7 Å². The zero-order valence-electron chi connectivity index (χ0n) is 11.2. The number of halogens is 3. The van der Waals surface area contributed by atoms with Gasteiger partial charge in [-0.15, -0.1) is 0 Å². The number of alkyl halides is 3. The number of phenols is 1. The van der Waals surface area contributed by atoms with Crippen molar-refractivity contribution in [1.29, 1.82) is 0 Å². The number of benzene rings is 2. The predicted molar refractivity (Wildman–Crippen MR) is 73.4 cm³/mol. The minimum atomic E-state index is -4.43. The van der Waals surface area contributed by atoms with E-state index in [-0.39, 0.29) is 23.7 Å². The van der Waals surface area contributed by atoms with E-state index >= 15 is 0 Å². The Morgan fingerprint density at radius 2 is 1.81 bits per heavy atom. The zero-order chi connectivity index (χ0) is 15.5. The summed E-state index contributed by atoms with van der Waals surface area (Å²) in [6, 6.07) is 10.0. The monoisotopic (exact) mass is 297 g/mol. The van der Waals surface area contributed by atoms with E-state index in [1.54, 1.807) is 18.2 Å². The lowest BCUT2D eigenvalue weighted by atomic mass is 10.1. The number of para-hydroxylation sites is 2. The molecule has 2 aromatic carbocycles. The molecular formula is C15H14F3NO2. The van der Waals surface area contributed by atoms with Gasteiger partial charge >= 0.3 is 6.18 Å². The Bertz CT molecular complexity index is 627. The number of rotatable bonds is 4. The van der Waals surface area contributed by atoms with Crippen molar-refractivity contribution in [3.63, 3.8) is 0 Å². The minimum absolute atomic E-state index is 0.0350. The molecule has 0 saturated carbocycles. The summed E-state index contributed by atoms with van der Waals surface area (Å²) in [5.41, 5.74) is -0.328. The predicted octanol–water partition coefficient (Wildman–Crippen LogP) is 4.03. The van der Waals surface area contributed by atoms with Crippen molar-refractivity contribution in [3.05, 3.63) is 53.6 Å². The Morgan fingerprint density at radius 3 is 2.48 bits per heavy atom. The molecule has 0 amide bonds. The molecule has 2 aromatic rings. The van der Waals surface area contributed by atoms with Crippen LogP contribution in [0.4, 0.5) is 18.9 Å². The van der Waals surface area contributed by atoms with Crippen LogP contribution >= 0.6 is 0 Å². The molecule has 0 atom stereocenters. The van der Waals surface area contributed by atoms with E-state index in [4.69, 9.17) is 4.74 Å². The summed E-state index contributed by atoms with van der Waals surface area (Å²) in [5.74, 6) is 0.190. The summed E-state index contributed by atoms with van der Waals surface area (Å²) in [4.78, 5) is 0. The average Bonchev–Trinajstić information content (AvgIpc) is 2.45. The Balaban J connectivity index is 2.22. The normalized spacial score (nSPS) is 11.2. The summed E-state index contributed by atoms with van der Waals surface area (Å²) in [5, 5.41) is 12.6. The molecule has 2 rings (SSSR count). The van der Waals surface area contributed by atoms with E-state index in [1.807, 2.05) is 0 Å². The lowest BCUT2D eigenvalue weighted by Crippen LogP contribution is -2.10. The van der Waals surface area contributed by atoms with Crippen molar-refractivity contribution < 1.29 is 23.0 Å². The molecule has 0 heterocycles. The molecule has 0 spiro atoms. The molecule has 0 aliphatic heterocycles.